The molecule has 1 aliphatic rings. The predicted octanol–water partition coefficient (Wildman–Crippen LogP) is 0.679. The zero-order valence-corrected chi connectivity index (χ0v) is 14.3. The highest BCUT2D eigenvalue weighted by atomic mass is 19.4. The molecule has 12 heteroatoms. The minimum Gasteiger partial charge on any atom is -0.475 e. The topological polar surface area (TPSA) is 152 Å². The van der Waals surface area contributed by atoms with Gasteiger partial charge in [-0.2, -0.15) is 13.2 Å². The van der Waals surface area contributed by atoms with Crippen molar-refractivity contribution < 1.29 is 32.7 Å². The molecule has 150 valence electrons. The quantitative estimate of drug-likeness (QED) is 0.642. The predicted molar refractivity (Wildman–Crippen MR) is 90.4 cm³/mol. The number of carboxylic acids is 1. The van der Waals surface area contributed by atoms with Crippen molar-refractivity contribution in [3.8, 4) is 0 Å². The number of carbonyl (C=O) groups is 3. The van der Waals surface area contributed by atoms with Crippen LogP contribution in [-0.4, -0.2) is 50.5 Å². The lowest BCUT2D eigenvalue weighted by Crippen LogP contribution is -2.33. The van der Waals surface area contributed by atoms with Crippen molar-refractivity contribution in [2.24, 2.45) is 11.7 Å². The Morgan fingerprint density at radius 3 is 2.46 bits per heavy atom. The van der Waals surface area contributed by atoms with Crippen molar-refractivity contribution >= 4 is 34.5 Å². The number of aromatic nitrogens is 2. The van der Waals surface area contributed by atoms with Gasteiger partial charge in [0.05, 0.1) is 5.52 Å². The van der Waals surface area contributed by atoms with Gasteiger partial charge in [-0.25, -0.2) is 14.8 Å². The zero-order valence-electron chi connectivity index (χ0n) is 14.3. The van der Waals surface area contributed by atoms with Crippen molar-refractivity contribution in [3.05, 3.63) is 30.1 Å². The highest BCUT2D eigenvalue weighted by molar-refractivity contribution is 6.00. The third kappa shape index (κ3) is 4.84. The summed E-state index contributed by atoms with van der Waals surface area (Å²) < 4.78 is 31.7. The van der Waals surface area contributed by atoms with E-state index in [9.17, 15) is 22.8 Å². The van der Waals surface area contributed by atoms with E-state index in [1.54, 1.807) is 4.90 Å². The van der Waals surface area contributed by atoms with Crippen molar-refractivity contribution in [2.45, 2.75) is 19.1 Å². The molecule has 1 aromatic heterocycles. The van der Waals surface area contributed by atoms with Crippen molar-refractivity contribution in [1.29, 1.82) is 0 Å². The molecule has 0 aliphatic carbocycles. The Balaban J connectivity index is 0.000000345. The summed E-state index contributed by atoms with van der Waals surface area (Å²) in [4.78, 5) is 41.9. The molecule has 0 bridgehead atoms. The molecule has 2 heterocycles. The molecule has 3 rings (SSSR count). The van der Waals surface area contributed by atoms with Crippen LogP contribution in [0.4, 0.5) is 19.0 Å². The van der Waals surface area contributed by atoms with E-state index < -0.39 is 24.0 Å². The molecular weight excluding hydrogens is 383 g/mol. The van der Waals surface area contributed by atoms with Gasteiger partial charge in [-0.15, -0.1) is 0 Å². The Bertz CT molecular complexity index is 919. The second-order valence-corrected chi connectivity index (χ2v) is 5.92. The van der Waals surface area contributed by atoms with Crippen LogP contribution in [0, 0.1) is 5.92 Å². The maximum atomic E-state index is 12.0. The first-order valence-electron chi connectivity index (χ1n) is 7.88. The molecule has 0 saturated carbocycles. The molecule has 0 unspecified atom stereocenters. The summed E-state index contributed by atoms with van der Waals surface area (Å²) in [6, 6.07) is 5.59. The summed E-state index contributed by atoms with van der Waals surface area (Å²) in [5.74, 6) is -3.78. The molecular formula is C16H16F3N5O4. The number of halogens is 3. The van der Waals surface area contributed by atoms with Gasteiger partial charge in [-0.1, -0.05) is 6.07 Å². The van der Waals surface area contributed by atoms with Crippen LogP contribution < -0.4 is 11.5 Å². The van der Waals surface area contributed by atoms with E-state index in [0.717, 1.165) is 16.5 Å². The monoisotopic (exact) mass is 399 g/mol. The number of hydrogen-bond acceptors (Lipinski definition) is 6. The number of carbonyl (C=O) groups excluding carboxylic acids is 2. The molecule has 2 amide bonds. The van der Waals surface area contributed by atoms with Crippen molar-refractivity contribution in [1.82, 2.24) is 14.9 Å². The first-order chi connectivity index (χ1) is 13.0. The summed E-state index contributed by atoms with van der Waals surface area (Å²) in [6.45, 7) is 0.971. The number of primary amides is 1. The molecule has 1 atom stereocenters. The summed E-state index contributed by atoms with van der Waals surface area (Å²) in [7, 11) is 0. The number of carboxylic acid groups (broad SMARTS) is 1. The van der Waals surface area contributed by atoms with E-state index >= 15 is 0 Å². The second-order valence-electron chi connectivity index (χ2n) is 5.92. The second kappa shape index (κ2) is 8.06. The van der Waals surface area contributed by atoms with E-state index in [4.69, 9.17) is 21.4 Å². The van der Waals surface area contributed by atoms with E-state index in [0.29, 0.717) is 25.3 Å². The number of nitrogen functional groups attached to an aromatic ring is 1. The van der Waals surface area contributed by atoms with Gasteiger partial charge in [0.15, 0.2) is 0 Å². The number of nitrogens with zero attached hydrogens (tertiary/aromatic N) is 3. The zero-order chi connectivity index (χ0) is 21.1. The molecule has 0 radical (unpaired) electrons. The number of fused-ring (bicyclic) bond motifs is 1. The fraction of sp³-hybridized carbons (Fsp3) is 0.312. The number of amides is 2. The van der Waals surface area contributed by atoms with Gasteiger partial charge >= 0.3 is 12.1 Å². The highest BCUT2D eigenvalue weighted by Gasteiger charge is 2.38. The van der Waals surface area contributed by atoms with Crippen LogP contribution in [0.3, 0.4) is 0 Å². The number of anilines is 1. The average molecular weight is 399 g/mol. The minimum atomic E-state index is -5.08. The number of benzene rings is 1. The molecule has 1 aliphatic heterocycles. The summed E-state index contributed by atoms with van der Waals surface area (Å²) in [5, 5.41) is 7.91. The molecule has 28 heavy (non-hydrogen) atoms. The fourth-order valence-electron chi connectivity index (χ4n) is 2.60. The van der Waals surface area contributed by atoms with Crippen molar-refractivity contribution in [2.75, 3.05) is 12.3 Å². The van der Waals surface area contributed by atoms with Gasteiger partial charge in [0.1, 0.15) is 18.1 Å². The maximum absolute atomic E-state index is 12.0. The molecule has 1 aromatic carbocycles. The smallest absolute Gasteiger partial charge is 0.475 e. The molecule has 9 nitrogen and oxygen atoms in total. The lowest BCUT2D eigenvalue weighted by molar-refractivity contribution is -0.192. The van der Waals surface area contributed by atoms with Gasteiger partial charge in [-0.05, 0) is 24.1 Å². The Morgan fingerprint density at radius 1 is 1.29 bits per heavy atom. The van der Waals surface area contributed by atoms with E-state index in [1.807, 2.05) is 18.2 Å². The Hall–Kier alpha value is -3.44. The van der Waals surface area contributed by atoms with Crippen LogP contribution in [0.25, 0.3) is 10.9 Å². The van der Waals surface area contributed by atoms with Crippen LogP contribution in [-0.2, 0) is 20.9 Å². The van der Waals surface area contributed by atoms with E-state index in [1.165, 1.54) is 6.33 Å². The Labute approximate surface area is 156 Å². The number of aliphatic carboxylic acids is 1. The van der Waals surface area contributed by atoms with E-state index in [2.05, 4.69) is 9.97 Å². The SMILES string of the molecule is NC(=O)[C@H]1CCN(Cc2ccc3c(N)ncnc3c2)C1=O.O=C(O)C(F)(F)F. The minimum absolute atomic E-state index is 0.204. The fourth-order valence-corrected chi connectivity index (χ4v) is 2.60. The van der Waals surface area contributed by atoms with Crippen LogP contribution in [0.2, 0.25) is 0 Å². The van der Waals surface area contributed by atoms with E-state index in [-0.39, 0.29) is 5.91 Å². The molecule has 1 fully saturated rings. The largest absolute Gasteiger partial charge is 0.490 e. The average Bonchev–Trinajstić information content (AvgIpc) is 2.95. The first-order valence-corrected chi connectivity index (χ1v) is 7.88. The Morgan fingerprint density at radius 2 is 1.93 bits per heavy atom. The van der Waals surface area contributed by atoms with Crippen molar-refractivity contribution in [3.63, 3.8) is 0 Å². The van der Waals surface area contributed by atoms with Gasteiger partial charge in [0.25, 0.3) is 0 Å². The maximum Gasteiger partial charge on any atom is 0.490 e. The number of rotatable bonds is 3. The summed E-state index contributed by atoms with van der Waals surface area (Å²) >= 11 is 0. The highest BCUT2D eigenvalue weighted by Crippen LogP contribution is 2.23. The number of nitrogens with two attached hydrogens (primary N) is 2. The van der Waals surface area contributed by atoms with Crippen LogP contribution >= 0.6 is 0 Å². The molecule has 1 saturated heterocycles. The standard InChI is InChI=1S/C14H15N5O2.C2HF3O2/c15-12-9-2-1-8(5-11(9)17-7-18-12)6-19-4-3-10(13(16)20)14(19)21;3-2(4,5)1(6)7/h1-2,5,7,10H,3-4,6H2,(H2,16,20)(H2,15,17,18);(H,6,7)/t10-;/m1./s1. The summed E-state index contributed by atoms with van der Waals surface area (Å²) in [6.07, 6.45) is -3.19. The lowest BCUT2D eigenvalue weighted by atomic mass is 10.1. The third-order valence-corrected chi connectivity index (χ3v) is 3.99. The Kier molecular flexibility index (Phi) is 6.01. The molecule has 5 N–H and O–H groups in total. The number of hydrogen-bond donors (Lipinski definition) is 3. The van der Waals surface area contributed by atoms with Crippen LogP contribution in [0.1, 0.15) is 12.0 Å². The number of likely N-dealkylation sites (tertiary alicyclic amines) is 1. The van der Waals surface area contributed by atoms with Gasteiger partial charge in [-0.3, -0.25) is 9.59 Å². The lowest BCUT2D eigenvalue weighted by Gasteiger charge is -2.16. The van der Waals surface area contributed by atoms with Crippen LogP contribution in [0.15, 0.2) is 24.5 Å². The van der Waals surface area contributed by atoms with Gasteiger partial charge in [0.2, 0.25) is 11.8 Å². The summed E-state index contributed by atoms with van der Waals surface area (Å²) in [5.41, 5.74) is 12.7. The third-order valence-electron chi connectivity index (χ3n) is 3.99. The van der Waals surface area contributed by atoms with Gasteiger partial charge in [0, 0.05) is 18.5 Å². The first kappa shape index (κ1) is 20.9. The molecule has 0 spiro atoms. The molecule has 2 aromatic rings. The number of alkyl halides is 3. The normalized spacial score (nSPS) is 16.6. The van der Waals surface area contributed by atoms with Crippen LogP contribution in [0.5, 0.6) is 0 Å². The van der Waals surface area contributed by atoms with Gasteiger partial charge < -0.3 is 21.5 Å².